The number of thioether (sulfide) groups is 4. The summed E-state index contributed by atoms with van der Waals surface area (Å²) in [4.78, 5) is 9.65. The summed E-state index contributed by atoms with van der Waals surface area (Å²) in [5.74, 6) is 0. The maximum absolute atomic E-state index is 2.31. The topological polar surface area (TPSA) is 6.48 Å². The molecule has 0 spiro atoms. The first kappa shape index (κ1) is 39.3. The lowest BCUT2D eigenvalue weighted by atomic mass is 10.1. The lowest BCUT2D eigenvalue weighted by molar-refractivity contribution is 1.26. The van der Waals surface area contributed by atoms with Crippen molar-refractivity contribution in [3.63, 3.8) is 0 Å². The molecule has 0 bridgehead atoms. The van der Waals surface area contributed by atoms with E-state index >= 15 is 0 Å². The summed E-state index contributed by atoms with van der Waals surface area (Å²) in [5.41, 5.74) is 11.5. The Balaban J connectivity index is 1.02. The van der Waals surface area contributed by atoms with Crippen LogP contribution in [0.1, 0.15) is 22.3 Å². The third kappa shape index (κ3) is 9.87. The first-order valence-electron chi connectivity index (χ1n) is 18.4. The van der Waals surface area contributed by atoms with E-state index in [-0.39, 0.29) is 0 Å². The Morgan fingerprint density at radius 1 is 0.250 bits per heavy atom. The molecule has 2 nitrogen and oxygen atoms in total. The predicted molar refractivity (Wildman–Crippen MR) is 254 cm³/mol. The second-order valence-corrected chi connectivity index (χ2v) is 16.5. The van der Waals surface area contributed by atoms with Gasteiger partial charge >= 0.3 is 0 Å². The highest BCUT2D eigenvalue weighted by molar-refractivity contribution is 7.99. The molecule has 0 saturated carbocycles. The van der Waals surface area contributed by atoms with E-state index < -0.39 is 0 Å². The maximum Gasteiger partial charge on any atom is 0.0462 e. The average molecular weight is 801 g/mol. The maximum atomic E-state index is 2.31. The number of anilines is 6. The van der Waals surface area contributed by atoms with Gasteiger partial charge in [-0.2, -0.15) is 0 Å². The van der Waals surface area contributed by atoms with E-state index in [0.717, 1.165) is 56.4 Å². The Kier molecular flexibility index (Phi) is 13.5. The minimum atomic E-state index is 1.13. The molecular formula is C50H44N2S4. The highest BCUT2D eigenvalue weighted by Gasteiger charge is 2.14. The predicted octanol–water partition coefficient (Wildman–Crippen LogP) is 15.9. The first-order chi connectivity index (χ1) is 27.5. The summed E-state index contributed by atoms with van der Waals surface area (Å²) in [6.45, 7) is 0. The molecule has 0 heterocycles. The number of nitrogens with zero attached hydrogens (tertiary/aromatic N) is 2. The van der Waals surface area contributed by atoms with Crippen molar-refractivity contribution in [3.8, 4) is 0 Å². The molecule has 0 aliphatic rings. The molecule has 7 aromatic carbocycles. The lowest BCUT2D eigenvalue weighted by Crippen LogP contribution is -2.09. The van der Waals surface area contributed by atoms with Crippen molar-refractivity contribution in [1.82, 2.24) is 0 Å². The zero-order valence-corrected chi connectivity index (χ0v) is 35.3. The Labute approximate surface area is 349 Å². The van der Waals surface area contributed by atoms with Crippen molar-refractivity contribution < 1.29 is 0 Å². The van der Waals surface area contributed by atoms with Crippen LogP contribution in [-0.2, 0) is 0 Å². The van der Waals surface area contributed by atoms with Crippen LogP contribution in [0.3, 0.4) is 0 Å². The normalized spacial score (nSPS) is 11.4. The van der Waals surface area contributed by atoms with Crippen molar-refractivity contribution in [3.05, 3.63) is 192 Å². The highest BCUT2D eigenvalue weighted by atomic mass is 32.2. The van der Waals surface area contributed by atoms with Gasteiger partial charge in [0.05, 0.1) is 0 Å². The molecule has 56 heavy (non-hydrogen) atoms. The molecule has 0 aromatic heterocycles. The van der Waals surface area contributed by atoms with Crippen LogP contribution in [0.2, 0.25) is 0 Å². The summed E-state index contributed by atoms with van der Waals surface area (Å²) in [7, 11) is 0. The summed E-state index contributed by atoms with van der Waals surface area (Å²) in [6.07, 6.45) is 17.2. The van der Waals surface area contributed by atoms with E-state index in [4.69, 9.17) is 0 Å². The SMILES string of the molecule is CSc1ccc(N(c2ccc(/C=C/c3ccc(/C=C/c4ccc(N(c5ccc(SC)cc5)c5ccc(SC)cc5)cc4)cc3)cc2)c2ccc(SC)cc2)cc1. The third-order valence-electron chi connectivity index (χ3n) is 9.50. The third-order valence-corrected chi connectivity index (χ3v) is 12.5. The Morgan fingerprint density at radius 2 is 0.411 bits per heavy atom. The number of benzene rings is 7. The number of hydrogen-bond acceptors (Lipinski definition) is 6. The Morgan fingerprint density at radius 3 is 0.589 bits per heavy atom. The second kappa shape index (κ2) is 19.2. The molecule has 0 aliphatic heterocycles. The van der Waals surface area contributed by atoms with Gasteiger partial charge < -0.3 is 9.80 Å². The van der Waals surface area contributed by atoms with Crippen LogP contribution in [0.25, 0.3) is 24.3 Å². The largest absolute Gasteiger partial charge is 0.311 e. The number of hydrogen-bond donors (Lipinski definition) is 0. The van der Waals surface area contributed by atoms with Gasteiger partial charge in [-0.15, -0.1) is 47.0 Å². The summed E-state index contributed by atoms with van der Waals surface area (Å²) in [5, 5.41) is 0. The van der Waals surface area contributed by atoms with Crippen molar-refractivity contribution in [2.24, 2.45) is 0 Å². The molecule has 0 atom stereocenters. The van der Waals surface area contributed by atoms with Crippen LogP contribution in [0.4, 0.5) is 34.1 Å². The Hall–Kier alpha value is -4.98. The van der Waals surface area contributed by atoms with Gasteiger partial charge in [-0.1, -0.05) is 72.8 Å². The van der Waals surface area contributed by atoms with E-state index in [9.17, 15) is 0 Å². The molecule has 0 amide bonds. The van der Waals surface area contributed by atoms with E-state index in [1.807, 2.05) is 0 Å². The van der Waals surface area contributed by atoms with Gasteiger partial charge in [0.15, 0.2) is 0 Å². The smallest absolute Gasteiger partial charge is 0.0462 e. The fourth-order valence-electron chi connectivity index (χ4n) is 6.39. The van der Waals surface area contributed by atoms with Crippen molar-refractivity contribution in [2.75, 3.05) is 34.8 Å². The summed E-state index contributed by atoms with van der Waals surface area (Å²) >= 11 is 7.04. The van der Waals surface area contributed by atoms with Gasteiger partial charge in [-0.25, -0.2) is 0 Å². The monoisotopic (exact) mass is 800 g/mol. The minimum absolute atomic E-state index is 1.13. The molecule has 0 unspecified atom stereocenters. The average Bonchev–Trinajstić information content (AvgIpc) is 3.27. The first-order valence-corrected chi connectivity index (χ1v) is 23.3. The van der Waals surface area contributed by atoms with E-state index in [2.05, 4.69) is 229 Å². The van der Waals surface area contributed by atoms with Gasteiger partial charge in [-0.3, -0.25) is 0 Å². The molecule has 7 aromatic rings. The molecule has 7 rings (SSSR count). The van der Waals surface area contributed by atoms with Crippen molar-refractivity contribution in [2.45, 2.75) is 19.6 Å². The molecule has 0 aliphatic carbocycles. The molecule has 6 heteroatoms. The molecule has 0 fully saturated rings. The lowest BCUT2D eigenvalue weighted by Gasteiger charge is -2.26. The van der Waals surface area contributed by atoms with E-state index in [0.29, 0.717) is 0 Å². The van der Waals surface area contributed by atoms with Gasteiger partial charge in [-0.05, 0) is 169 Å². The summed E-state index contributed by atoms with van der Waals surface area (Å²) in [6, 6.07) is 61.4. The molecule has 0 N–H and O–H groups in total. The van der Waals surface area contributed by atoms with E-state index in [1.165, 1.54) is 19.6 Å². The van der Waals surface area contributed by atoms with Crippen LogP contribution in [0, 0.1) is 0 Å². The summed E-state index contributed by atoms with van der Waals surface area (Å²) < 4.78 is 0. The van der Waals surface area contributed by atoms with Crippen molar-refractivity contribution >= 4 is 105 Å². The highest BCUT2D eigenvalue weighted by Crippen LogP contribution is 2.38. The second-order valence-electron chi connectivity index (χ2n) is 13.0. The molecule has 0 saturated heterocycles. The molecular weight excluding hydrogens is 757 g/mol. The van der Waals surface area contributed by atoms with Crippen LogP contribution >= 0.6 is 47.0 Å². The number of rotatable bonds is 14. The molecule has 278 valence electrons. The van der Waals surface area contributed by atoms with Crippen LogP contribution in [0.5, 0.6) is 0 Å². The van der Waals surface area contributed by atoms with E-state index in [1.54, 1.807) is 47.0 Å². The van der Waals surface area contributed by atoms with Gasteiger partial charge in [0.1, 0.15) is 0 Å². The fourth-order valence-corrected chi connectivity index (χ4v) is 8.02. The van der Waals surface area contributed by atoms with Crippen LogP contribution in [-0.4, -0.2) is 25.0 Å². The fraction of sp³-hybridized carbons (Fsp3) is 0.0800. The standard InChI is InChI=1S/C50H44N2S4/c1-53-47-29-21-43(22-30-47)51(44-23-31-48(54-2)32-24-44)41-17-13-39(14-18-41)11-9-37-5-7-38(8-6-37)10-12-40-15-19-42(20-16-40)52(45-25-33-49(55-3)34-26-45)46-27-35-50(56-4)36-28-46/h5-36H,1-4H3/b11-9+,12-10+. The van der Waals surface area contributed by atoms with Gasteiger partial charge in [0, 0.05) is 53.7 Å². The zero-order chi connectivity index (χ0) is 38.7. The van der Waals surface area contributed by atoms with Crippen LogP contribution < -0.4 is 9.80 Å². The quantitative estimate of drug-likeness (QED) is 0.0793. The zero-order valence-electron chi connectivity index (χ0n) is 32.0. The molecule has 0 radical (unpaired) electrons. The van der Waals surface area contributed by atoms with Crippen LogP contribution in [0.15, 0.2) is 189 Å². The van der Waals surface area contributed by atoms with Crippen molar-refractivity contribution in [1.29, 1.82) is 0 Å². The van der Waals surface area contributed by atoms with Gasteiger partial charge in [0.25, 0.3) is 0 Å². The minimum Gasteiger partial charge on any atom is -0.311 e. The van der Waals surface area contributed by atoms with Gasteiger partial charge in [0.2, 0.25) is 0 Å². The Bertz CT molecular complexity index is 2080.